The molecule has 0 radical (unpaired) electrons. The Morgan fingerprint density at radius 3 is 2.13 bits per heavy atom. The first-order valence-corrected chi connectivity index (χ1v) is 11.8. The third kappa shape index (κ3) is 5.42. The summed E-state index contributed by atoms with van der Waals surface area (Å²) in [6.45, 7) is -0.174. The van der Waals surface area contributed by atoms with Gasteiger partial charge in [0, 0.05) is 4.47 Å². The molecule has 7 heteroatoms. The molecule has 31 heavy (non-hydrogen) atoms. The second kappa shape index (κ2) is 10.2. The van der Waals surface area contributed by atoms with Crippen LogP contribution in [0.4, 0.5) is 0 Å². The number of aliphatic hydroxyl groups is 1. The van der Waals surface area contributed by atoms with Crippen LogP contribution in [0.1, 0.15) is 11.1 Å². The third-order valence-corrected chi connectivity index (χ3v) is 7.24. The molecule has 0 aromatic heterocycles. The van der Waals surface area contributed by atoms with E-state index >= 15 is 0 Å². The molecule has 2 atom stereocenters. The van der Waals surface area contributed by atoms with Gasteiger partial charge in [-0.05, 0) is 35.4 Å². The minimum absolute atomic E-state index is 0.0436. The second-order valence-corrected chi connectivity index (χ2v) is 9.83. The monoisotopic (exact) mass is 499 g/mol. The number of benzene rings is 3. The minimum Gasteiger partial charge on any atom is -0.393 e. The van der Waals surface area contributed by atoms with E-state index in [0.717, 1.165) is 10.0 Å². The van der Waals surface area contributed by atoms with E-state index in [1.165, 1.54) is 12.1 Å². The standard InChI is InChI=1S/C24H22BrNO4S/c25-21-11-13-23(14-12-21)31(28,29)24(26,20-9-5-2-6-10-20)16-15-22(17-27)30-18-19-7-3-1-4-8-19/h1-14,22,27H,17-18,26H2. The van der Waals surface area contributed by atoms with Crippen LogP contribution in [0, 0.1) is 11.8 Å². The first-order valence-electron chi connectivity index (χ1n) is 9.50. The summed E-state index contributed by atoms with van der Waals surface area (Å²) < 4.78 is 33.4. The molecular formula is C24H22BrNO4S. The number of hydrogen-bond donors (Lipinski definition) is 2. The maximum Gasteiger partial charge on any atom is 0.212 e. The van der Waals surface area contributed by atoms with Crippen LogP contribution in [0.15, 0.2) is 94.3 Å². The van der Waals surface area contributed by atoms with Gasteiger partial charge in [0.15, 0.2) is 0 Å². The second-order valence-electron chi connectivity index (χ2n) is 6.80. The van der Waals surface area contributed by atoms with Gasteiger partial charge in [0.25, 0.3) is 0 Å². The summed E-state index contributed by atoms with van der Waals surface area (Å²) in [4.78, 5) is -1.98. The summed E-state index contributed by atoms with van der Waals surface area (Å²) in [5.41, 5.74) is 7.70. The normalized spacial score (nSPS) is 14.2. The summed E-state index contributed by atoms with van der Waals surface area (Å²) in [6, 6.07) is 24.0. The van der Waals surface area contributed by atoms with E-state index in [1.54, 1.807) is 42.5 Å². The molecule has 0 heterocycles. The highest BCUT2D eigenvalue weighted by molar-refractivity contribution is 9.10. The highest BCUT2D eigenvalue weighted by Gasteiger charge is 2.41. The van der Waals surface area contributed by atoms with Gasteiger partial charge in [-0.15, -0.1) is 0 Å². The van der Waals surface area contributed by atoms with E-state index in [1.807, 2.05) is 30.3 Å². The number of ether oxygens (including phenoxy) is 1. The SMILES string of the molecule is NC(C#CC(CO)OCc1ccccc1)(c1ccccc1)S(=O)(=O)c1ccc(Br)cc1. The van der Waals surface area contributed by atoms with Crippen LogP contribution in [0.5, 0.6) is 0 Å². The molecule has 0 fully saturated rings. The lowest BCUT2D eigenvalue weighted by Crippen LogP contribution is -2.44. The van der Waals surface area contributed by atoms with Crippen LogP contribution >= 0.6 is 15.9 Å². The summed E-state index contributed by atoms with van der Waals surface area (Å²) in [6.07, 6.45) is -0.896. The van der Waals surface area contributed by atoms with Crippen LogP contribution < -0.4 is 5.73 Å². The zero-order valence-electron chi connectivity index (χ0n) is 16.6. The van der Waals surface area contributed by atoms with Crippen molar-refractivity contribution in [2.45, 2.75) is 22.5 Å². The fourth-order valence-corrected chi connectivity index (χ4v) is 4.65. The Morgan fingerprint density at radius 1 is 0.968 bits per heavy atom. The Kier molecular flexibility index (Phi) is 7.65. The molecule has 0 spiro atoms. The van der Waals surface area contributed by atoms with Crippen molar-refractivity contribution in [1.29, 1.82) is 0 Å². The Morgan fingerprint density at radius 2 is 1.55 bits per heavy atom. The number of sulfone groups is 1. The largest absolute Gasteiger partial charge is 0.393 e. The first kappa shape index (κ1) is 23.2. The Hall–Kier alpha value is -2.47. The molecule has 0 saturated carbocycles. The van der Waals surface area contributed by atoms with Gasteiger partial charge in [-0.2, -0.15) is 0 Å². The summed E-state index contributed by atoms with van der Waals surface area (Å²) in [7, 11) is -4.10. The maximum absolute atomic E-state index is 13.5. The molecule has 0 amide bonds. The zero-order chi connectivity index (χ0) is 22.3. The highest BCUT2D eigenvalue weighted by atomic mass is 79.9. The molecule has 2 unspecified atom stereocenters. The lowest BCUT2D eigenvalue weighted by molar-refractivity contribution is 0.0379. The van der Waals surface area contributed by atoms with Gasteiger partial charge in [-0.25, -0.2) is 8.42 Å². The van der Waals surface area contributed by atoms with Gasteiger partial charge in [0.1, 0.15) is 6.10 Å². The van der Waals surface area contributed by atoms with E-state index in [0.29, 0.717) is 5.56 Å². The van der Waals surface area contributed by atoms with Gasteiger partial charge >= 0.3 is 0 Å². The topological polar surface area (TPSA) is 89.6 Å². The zero-order valence-corrected chi connectivity index (χ0v) is 19.0. The molecule has 160 valence electrons. The lowest BCUT2D eigenvalue weighted by atomic mass is 10.1. The third-order valence-electron chi connectivity index (χ3n) is 4.63. The number of nitrogens with two attached hydrogens (primary N) is 1. The van der Waals surface area contributed by atoms with Gasteiger partial charge in [-0.1, -0.05) is 88.4 Å². The molecule has 5 nitrogen and oxygen atoms in total. The molecule has 0 saturated heterocycles. The molecular weight excluding hydrogens is 478 g/mol. The van der Waals surface area contributed by atoms with Gasteiger partial charge in [-0.3, -0.25) is 5.73 Å². The Balaban J connectivity index is 1.97. The highest BCUT2D eigenvalue weighted by Crippen LogP contribution is 2.31. The van der Waals surface area contributed by atoms with Crippen molar-refractivity contribution in [2.75, 3.05) is 6.61 Å². The van der Waals surface area contributed by atoms with E-state index in [-0.39, 0.29) is 11.5 Å². The smallest absolute Gasteiger partial charge is 0.212 e. The van der Waals surface area contributed by atoms with Crippen molar-refractivity contribution in [2.24, 2.45) is 5.73 Å². The summed E-state index contributed by atoms with van der Waals surface area (Å²) in [5, 5.41) is 9.70. The van der Waals surface area contributed by atoms with Crippen molar-refractivity contribution in [1.82, 2.24) is 0 Å². The number of hydrogen-bond acceptors (Lipinski definition) is 5. The Bertz CT molecular complexity index is 1160. The van der Waals surface area contributed by atoms with Crippen LogP contribution in [0.25, 0.3) is 0 Å². The number of aliphatic hydroxyl groups excluding tert-OH is 1. The lowest BCUT2D eigenvalue weighted by Gasteiger charge is -2.25. The van der Waals surface area contributed by atoms with Gasteiger partial charge < -0.3 is 9.84 Å². The summed E-state index contributed by atoms with van der Waals surface area (Å²) >= 11 is 3.30. The van der Waals surface area contributed by atoms with Crippen molar-refractivity contribution < 1.29 is 18.3 Å². The fraction of sp³-hybridized carbons (Fsp3) is 0.167. The van der Waals surface area contributed by atoms with Gasteiger partial charge in [0.2, 0.25) is 14.7 Å². The average molecular weight is 500 g/mol. The molecule has 0 aliphatic rings. The van der Waals surface area contributed by atoms with Crippen molar-refractivity contribution in [3.63, 3.8) is 0 Å². The summed E-state index contributed by atoms with van der Waals surface area (Å²) in [5.74, 6) is 5.43. The van der Waals surface area contributed by atoms with Crippen molar-refractivity contribution in [3.05, 3.63) is 101 Å². The van der Waals surface area contributed by atoms with Gasteiger partial charge in [0.05, 0.1) is 18.1 Å². The maximum atomic E-state index is 13.5. The number of halogens is 1. The molecule has 3 aromatic carbocycles. The quantitative estimate of drug-likeness (QED) is 0.484. The molecule has 0 bridgehead atoms. The van der Waals surface area contributed by atoms with Crippen LogP contribution in [-0.4, -0.2) is 26.2 Å². The van der Waals surface area contributed by atoms with E-state index in [2.05, 4.69) is 27.8 Å². The molecule has 0 aliphatic carbocycles. The van der Waals surface area contributed by atoms with Crippen molar-refractivity contribution in [3.8, 4) is 11.8 Å². The number of rotatable bonds is 7. The van der Waals surface area contributed by atoms with E-state index < -0.39 is 27.4 Å². The van der Waals surface area contributed by atoms with Crippen molar-refractivity contribution >= 4 is 25.8 Å². The molecule has 0 aliphatic heterocycles. The first-order chi connectivity index (χ1) is 14.9. The van der Waals surface area contributed by atoms with E-state index in [9.17, 15) is 13.5 Å². The predicted octanol–water partition coefficient (Wildman–Crippen LogP) is 3.62. The molecule has 3 rings (SSSR count). The van der Waals surface area contributed by atoms with E-state index in [4.69, 9.17) is 10.5 Å². The Labute approximate surface area is 190 Å². The minimum atomic E-state index is -4.10. The molecule has 3 aromatic rings. The van der Waals surface area contributed by atoms with Crippen LogP contribution in [-0.2, 0) is 26.1 Å². The van der Waals surface area contributed by atoms with Crippen LogP contribution in [0.2, 0.25) is 0 Å². The van der Waals surface area contributed by atoms with Crippen LogP contribution in [0.3, 0.4) is 0 Å². The average Bonchev–Trinajstić information content (AvgIpc) is 2.80. The fourth-order valence-electron chi connectivity index (χ4n) is 2.88. The molecule has 3 N–H and O–H groups in total. The predicted molar refractivity (Wildman–Crippen MR) is 124 cm³/mol.